The number of aliphatic hydroxyl groups is 1. The highest BCUT2D eigenvalue weighted by Gasteiger charge is 2.39. The largest absolute Gasteiger partial charge is 0.416 e. The average molecular weight is 262 g/mol. The van der Waals surface area contributed by atoms with Crippen molar-refractivity contribution in [3.05, 3.63) is 35.4 Å². The Hall–Kier alpha value is -0.680. The van der Waals surface area contributed by atoms with E-state index in [2.05, 4.69) is 0 Å². The molecular formula is C12H13F3OS. The first kappa shape index (κ1) is 12.8. The maximum absolute atomic E-state index is 12.6. The lowest BCUT2D eigenvalue weighted by atomic mass is 9.90. The van der Waals surface area contributed by atoms with Crippen LogP contribution in [0.2, 0.25) is 0 Å². The van der Waals surface area contributed by atoms with E-state index >= 15 is 0 Å². The first-order valence-corrected chi connectivity index (χ1v) is 6.38. The van der Waals surface area contributed by atoms with Crippen molar-refractivity contribution in [1.82, 2.24) is 0 Å². The van der Waals surface area contributed by atoms with E-state index in [-0.39, 0.29) is 5.25 Å². The molecule has 2 unspecified atom stereocenters. The smallest absolute Gasteiger partial charge is 0.384 e. The van der Waals surface area contributed by atoms with Crippen LogP contribution in [0.25, 0.3) is 0 Å². The standard InChI is InChI=1S/C12H13F3OS/c1-8-6-11(16,7-17-8)9-3-2-4-10(5-9)12(13,14)15/h2-5,8,16H,6-7H2,1H3. The molecule has 1 aliphatic rings. The van der Waals surface area contributed by atoms with E-state index in [1.54, 1.807) is 17.8 Å². The molecule has 5 heteroatoms. The van der Waals surface area contributed by atoms with Crippen molar-refractivity contribution in [2.75, 3.05) is 5.75 Å². The van der Waals surface area contributed by atoms with Crippen LogP contribution >= 0.6 is 11.8 Å². The van der Waals surface area contributed by atoms with Crippen LogP contribution in [-0.4, -0.2) is 16.1 Å². The Morgan fingerprint density at radius 3 is 2.65 bits per heavy atom. The van der Waals surface area contributed by atoms with E-state index in [0.717, 1.165) is 12.1 Å². The second kappa shape index (κ2) is 4.21. The van der Waals surface area contributed by atoms with Crippen LogP contribution in [0.5, 0.6) is 0 Å². The zero-order valence-electron chi connectivity index (χ0n) is 9.29. The summed E-state index contributed by atoms with van der Waals surface area (Å²) in [5.74, 6) is 0.454. The van der Waals surface area contributed by atoms with Crippen LogP contribution in [0.15, 0.2) is 24.3 Å². The Balaban J connectivity index is 2.34. The Labute approximate surface area is 102 Å². The predicted octanol–water partition coefficient (Wildman–Crippen LogP) is 3.42. The zero-order valence-corrected chi connectivity index (χ0v) is 10.1. The van der Waals surface area contributed by atoms with E-state index in [9.17, 15) is 18.3 Å². The fraction of sp³-hybridized carbons (Fsp3) is 0.500. The van der Waals surface area contributed by atoms with Crippen LogP contribution < -0.4 is 0 Å². The number of rotatable bonds is 1. The van der Waals surface area contributed by atoms with Crippen molar-refractivity contribution >= 4 is 11.8 Å². The molecule has 2 atom stereocenters. The fourth-order valence-electron chi connectivity index (χ4n) is 2.06. The van der Waals surface area contributed by atoms with Gasteiger partial charge in [-0.2, -0.15) is 24.9 Å². The molecule has 2 rings (SSSR count). The van der Waals surface area contributed by atoms with Crippen molar-refractivity contribution in [2.45, 2.75) is 30.4 Å². The molecule has 94 valence electrons. The molecule has 1 N–H and O–H groups in total. The summed E-state index contributed by atoms with van der Waals surface area (Å²) in [6.45, 7) is 1.97. The highest BCUT2D eigenvalue weighted by atomic mass is 32.2. The number of thioether (sulfide) groups is 1. The van der Waals surface area contributed by atoms with Crippen LogP contribution in [0.3, 0.4) is 0 Å². The van der Waals surface area contributed by atoms with Gasteiger partial charge < -0.3 is 5.11 Å². The third-order valence-corrected chi connectivity index (χ3v) is 4.34. The van der Waals surface area contributed by atoms with Gasteiger partial charge in [-0.3, -0.25) is 0 Å². The summed E-state index contributed by atoms with van der Waals surface area (Å²) < 4.78 is 37.7. The minimum Gasteiger partial charge on any atom is -0.384 e. The third-order valence-electron chi connectivity index (χ3n) is 2.96. The molecule has 0 spiro atoms. The number of halogens is 3. The van der Waals surface area contributed by atoms with Crippen molar-refractivity contribution in [1.29, 1.82) is 0 Å². The molecule has 0 amide bonds. The van der Waals surface area contributed by atoms with Gasteiger partial charge in [0.1, 0.15) is 0 Å². The molecule has 0 radical (unpaired) electrons. The Bertz CT molecular complexity index is 418. The summed E-state index contributed by atoms with van der Waals surface area (Å²) in [6.07, 6.45) is -3.86. The van der Waals surface area contributed by atoms with Crippen LogP contribution in [0, 0.1) is 0 Å². The monoisotopic (exact) mass is 262 g/mol. The fourth-order valence-corrected chi connectivity index (χ4v) is 3.30. The molecule has 0 aromatic heterocycles. The molecule has 1 saturated heterocycles. The lowest BCUT2D eigenvalue weighted by Crippen LogP contribution is -2.26. The minimum absolute atomic E-state index is 0.273. The van der Waals surface area contributed by atoms with E-state index in [0.29, 0.717) is 17.7 Å². The maximum atomic E-state index is 12.6. The summed E-state index contributed by atoms with van der Waals surface area (Å²) in [7, 11) is 0. The van der Waals surface area contributed by atoms with Gasteiger partial charge in [-0.05, 0) is 24.1 Å². The summed E-state index contributed by atoms with van der Waals surface area (Å²) >= 11 is 1.58. The van der Waals surface area contributed by atoms with Gasteiger partial charge in [0.05, 0.1) is 11.2 Å². The van der Waals surface area contributed by atoms with E-state index < -0.39 is 17.3 Å². The molecule has 1 aromatic rings. The lowest BCUT2D eigenvalue weighted by molar-refractivity contribution is -0.137. The Kier molecular flexibility index (Phi) is 3.16. The molecule has 1 nitrogen and oxygen atoms in total. The zero-order chi connectivity index (χ0) is 12.7. The normalized spacial score (nSPS) is 29.6. The molecule has 1 fully saturated rings. The number of hydrogen-bond donors (Lipinski definition) is 1. The molecule has 17 heavy (non-hydrogen) atoms. The summed E-state index contributed by atoms with van der Waals surface area (Å²) in [5, 5.41) is 10.6. The quantitative estimate of drug-likeness (QED) is 0.837. The average Bonchev–Trinajstić information content (AvgIpc) is 2.59. The Morgan fingerprint density at radius 2 is 2.12 bits per heavy atom. The molecule has 0 aliphatic carbocycles. The molecule has 0 bridgehead atoms. The number of alkyl halides is 3. The topological polar surface area (TPSA) is 20.2 Å². The highest BCUT2D eigenvalue weighted by molar-refractivity contribution is 8.00. The van der Waals surface area contributed by atoms with Crippen LogP contribution in [0.4, 0.5) is 13.2 Å². The maximum Gasteiger partial charge on any atom is 0.416 e. The van der Waals surface area contributed by atoms with Crippen molar-refractivity contribution < 1.29 is 18.3 Å². The molecule has 1 aliphatic heterocycles. The third kappa shape index (κ3) is 2.60. The van der Waals surface area contributed by atoms with Crippen LogP contribution in [0.1, 0.15) is 24.5 Å². The number of hydrogen-bond acceptors (Lipinski definition) is 2. The summed E-state index contributed by atoms with van der Waals surface area (Å²) in [5.41, 5.74) is -1.46. The lowest BCUT2D eigenvalue weighted by Gasteiger charge is -2.23. The summed E-state index contributed by atoms with van der Waals surface area (Å²) in [4.78, 5) is 0. The molecule has 1 heterocycles. The van der Waals surface area contributed by atoms with E-state index in [1.807, 2.05) is 6.92 Å². The minimum atomic E-state index is -4.36. The SMILES string of the molecule is CC1CC(O)(c2cccc(C(F)(F)F)c2)CS1. The van der Waals surface area contributed by atoms with Gasteiger partial charge in [0.25, 0.3) is 0 Å². The second-order valence-electron chi connectivity index (χ2n) is 4.44. The predicted molar refractivity (Wildman–Crippen MR) is 61.9 cm³/mol. The van der Waals surface area contributed by atoms with E-state index in [1.165, 1.54) is 6.07 Å². The first-order valence-electron chi connectivity index (χ1n) is 5.33. The van der Waals surface area contributed by atoms with Crippen molar-refractivity contribution in [2.24, 2.45) is 0 Å². The van der Waals surface area contributed by atoms with Gasteiger partial charge in [0, 0.05) is 11.0 Å². The molecule has 0 saturated carbocycles. The van der Waals surface area contributed by atoms with E-state index in [4.69, 9.17) is 0 Å². The Morgan fingerprint density at radius 1 is 1.41 bits per heavy atom. The number of benzene rings is 1. The van der Waals surface area contributed by atoms with Gasteiger partial charge >= 0.3 is 6.18 Å². The summed E-state index contributed by atoms with van der Waals surface area (Å²) in [6, 6.07) is 4.99. The first-order chi connectivity index (χ1) is 7.81. The van der Waals surface area contributed by atoms with Crippen molar-refractivity contribution in [3.8, 4) is 0 Å². The highest BCUT2D eigenvalue weighted by Crippen LogP contribution is 2.42. The van der Waals surface area contributed by atoms with Gasteiger partial charge in [-0.25, -0.2) is 0 Å². The van der Waals surface area contributed by atoms with Gasteiger partial charge in [-0.1, -0.05) is 19.1 Å². The van der Waals surface area contributed by atoms with Gasteiger partial charge in [-0.15, -0.1) is 0 Å². The second-order valence-corrected chi connectivity index (χ2v) is 5.86. The molecule has 1 aromatic carbocycles. The van der Waals surface area contributed by atoms with Crippen LogP contribution in [-0.2, 0) is 11.8 Å². The molecular weight excluding hydrogens is 249 g/mol. The van der Waals surface area contributed by atoms with Crippen molar-refractivity contribution in [3.63, 3.8) is 0 Å². The van der Waals surface area contributed by atoms with Gasteiger partial charge in [0.2, 0.25) is 0 Å². The van der Waals surface area contributed by atoms with Gasteiger partial charge in [0.15, 0.2) is 0 Å².